The molecule has 2 amide bonds. The second kappa shape index (κ2) is 11.5. The Bertz CT molecular complexity index is 863. The number of ether oxygens (including phenoxy) is 4. The fourth-order valence-electron chi connectivity index (χ4n) is 2.90. The Labute approximate surface area is 184 Å². The zero-order chi connectivity index (χ0) is 23.7. The van der Waals surface area contributed by atoms with E-state index in [2.05, 4.69) is 15.4 Å². The molecule has 0 aromatic heterocycles. The number of nitrogens with one attached hydrogen (secondary N) is 2. The minimum atomic E-state index is -4.35. The normalized spacial score (nSPS) is 12.1. The van der Waals surface area contributed by atoms with E-state index in [1.807, 2.05) is 6.92 Å². The average Bonchev–Trinajstić information content (AvgIpc) is 2.76. The molecular formula is C22H27F3N2O5. The van der Waals surface area contributed by atoms with Crippen molar-refractivity contribution in [3.63, 3.8) is 0 Å². The summed E-state index contributed by atoms with van der Waals surface area (Å²) >= 11 is 0. The zero-order valence-electron chi connectivity index (χ0n) is 18.3. The van der Waals surface area contributed by atoms with Crippen LogP contribution in [-0.2, 0) is 17.9 Å². The molecule has 0 saturated heterocycles. The third-order valence-electron chi connectivity index (χ3n) is 4.55. The van der Waals surface area contributed by atoms with E-state index in [1.54, 1.807) is 36.4 Å². The van der Waals surface area contributed by atoms with Gasteiger partial charge in [-0.25, -0.2) is 4.79 Å². The second-order valence-electron chi connectivity index (χ2n) is 6.93. The Morgan fingerprint density at radius 1 is 0.969 bits per heavy atom. The number of hydrogen-bond acceptors (Lipinski definition) is 5. The van der Waals surface area contributed by atoms with Crippen LogP contribution in [-0.4, -0.2) is 40.1 Å². The van der Waals surface area contributed by atoms with E-state index < -0.39 is 12.8 Å². The largest absolute Gasteiger partial charge is 0.493 e. The molecule has 0 bridgehead atoms. The number of rotatable bonds is 10. The van der Waals surface area contributed by atoms with Crippen LogP contribution in [0.15, 0.2) is 36.4 Å². The molecule has 10 heteroatoms. The summed E-state index contributed by atoms with van der Waals surface area (Å²) in [5, 5.41) is 5.58. The van der Waals surface area contributed by atoms with Gasteiger partial charge in [0.05, 0.1) is 34.0 Å². The summed E-state index contributed by atoms with van der Waals surface area (Å²) < 4.78 is 56.9. The van der Waals surface area contributed by atoms with Crippen molar-refractivity contribution in [1.82, 2.24) is 10.6 Å². The van der Waals surface area contributed by atoms with Crippen LogP contribution >= 0.6 is 0 Å². The van der Waals surface area contributed by atoms with E-state index in [-0.39, 0.29) is 25.2 Å². The number of carbonyl (C=O) groups is 1. The van der Waals surface area contributed by atoms with Gasteiger partial charge in [0.2, 0.25) is 5.75 Å². The minimum absolute atomic E-state index is 0.139. The van der Waals surface area contributed by atoms with E-state index in [1.165, 1.54) is 21.3 Å². The highest BCUT2D eigenvalue weighted by atomic mass is 19.4. The molecule has 2 aromatic rings. The summed E-state index contributed by atoms with van der Waals surface area (Å²) in [6.45, 7) is 0.633. The number of carbonyl (C=O) groups excluding carboxylic acids is 1. The van der Waals surface area contributed by atoms with Crippen molar-refractivity contribution in [2.45, 2.75) is 32.3 Å². The maximum atomic E-state index is 12.3. The number of halogens is 3. The molecule has 1 atom stereocenters. The van der Waals surface area contributed by atoms with E-state index in [0.717, 1.165) is 11.1 Å². The van der Waals surface area contributed by atoms with Crippen LogP contribution < -0.4 is 24.8 Å². The molecule has 0 aliphatic carbocycles. The van der Waals surface area contributed by atoms with Crippen LogP contribution in [0.2, 0.25) is 0 Å². The first-order valence-electron chi connectivity index (χ1n) is 9.73. The molecule has 0 aliphatic rings. The van der Waals surface area contributed by atoms with E-state index >= 15 is 0 Å². The number of hydrogen-bond donors (Lipinski definition) is 2. The topological polar surface area (TPSA) is 78.1 Å². The molecule has 0 saturated carbocycles. The summed E-state index contributed by atoms with van der Waals surface area (Å²) in [6.07, 6.45) is -4.35. The van der Waals surface area contributed by atoms with Crippen molar-refractivity contribution in [2.75, 3.05) is 27.9 Å². The van der Waals surface area contributed by atoms with Gasteiger partial charge < -0.3 is 29.6 Å². The standard InChI is InChI=1S/C22H27F3N2O5/c1-14(17-9-18(29-2)20(31-4)19(10-17)30-3)27-21(28)26-11-15-5-7-16(8-6-15)12-32-13-22(23,24)25/h5-10,14H,11-13H2,1-4H3,(H2,26,27,28). The number of methoxy groups -OCH3 is 3. The predicted octanol–water partition coefficient (Wildman–Crippen LogP) is 4.35. The van der Waals surface area contributed by atoms with Gasteiger partial charge in [0, 0.05) is 6.54 Å². The molecular weight excluding hydrogens is 429 g/mol. The molecule has 1 unspecified atom stereocenters. The van der Waals surface area contributed by atoms with Crippen molar-refractivity contribution >= 4 is 6.03 Å². The number of urea groups is 1. The molecule has 0 heterocycles. The molecule has 2 aromatic carbocycles. The molecule has 176 valence electrons. The van der Waals surface area contributed by atoms with Crippen LogP contribution in [0.25, 0.3) is 0 Å². The molecule has 7 nitrogen and oxygen atoms in total. The molecule has 0 fully saturated rings. The zero-order valence-corrected chi connectivity index (χ0v) is 18.3. The SMILES string of the molecule is COc1cc(C(C)NC(=O)NCc2ccc(COCC(F)(F)F)cc2)cc(OC)c1OC. The first-order valence-corrected chi connectivity index (χ1v) is 9.73. The summed E-state index contributed by atoms with van der Waals surface area (Å²) in [4.78, 5) is 12.3. The van der Waals surface area contributed by atoms with E-state index in [0.29, 0.717) is 22.8 Å². The van der Waals surface area contributed by atoms with Gasteiger partial charge in [-0.15, -0.1) is 0 Å². The van der Waals surface area contributed by atoms with Gasteiger partial charge in [0.1, 0.15) is 6.61 Å². The van der Waals surface area contributed by atoms with Crippen LogP contribution in [0.3, 0.4) is 0 Å². The van der Waals surface area contributed by atoms with Gasteiger partial charge >= 0.3 is 12.2 Å². The Morgan fingerprint density at radius 2 is 1.53 bits per heavy atom. The van der Waals surface area contributed by atoms with Gasteiger partial charge in [-0.05, 0) is 35.7 Å². The lowest BCUT2D eigenvalue weighted by molar-refractivity contribution is -0.176. The van der Waals surface area contributed by atoms with E-state index in [4.69, 9.17) is 14.2 Å². The van der Waals surface area contributed by atoms with Gasteiger partial charge in [-0.2, -0.15) is 13.2 Å². The Hall–Kier alpha value is -3.14. The van der Waals surface area contributed by atoms with Crippen LogP contribution in [0.1, 0.15) is 29.7 Å². The number of benzene rings is 2. The smallest absolute Gasteiger partial charge is 0.411 e. The van der Waals surface area contributed by atoms with Crippen LogP contribution in [0.4, 0.5) is 18.0 Å². The first kappa shape index (κ1) is 25.1. The van der Waals surface area contributed by atoms with Crippen molar-refractivity contribution in [3.8, 4) is 17.2 Å². The first-order chi connectivity index (χ1) is 15.2. The van der Waals surface area contributed by atoms with Crippen molar-refractivity contribution in [3.05, 3.63) is 53.1 Å². The van der Waals surface area contributed by atoms with Gasteiger partial charge in [-0.3, -0.25) is 0 Å². The highest BCUT2D eigenvalue weighted by molar-refractivity contribution is 5.74. The average molecular weight is 456 g/mol. The Morgan fingerprint density at radius 3 is 2.03 bits per heavy atom. The fourth-order valence-corrected chi connectivity index (χ4v) is 2.90. The second-order valence-corrected chi connectivity index (χ2v) is 6.93. The Balaban J connectivity index is 1.89. The highest BCUT2D eigenvalue weighted by Crippen LogP contribution is 2.39. The maximum absolute atomic E-state index is 12.3. The molecule has 32 heavy (non-hydrogen) atoms. The summed E-state index contributed by atoms with van der Waals surface area (Å²) in [5.74, 6) is 1.42. The van der Waals surface area contributed by atoms with Crippen molar-refractivity contribution < 1.29 is 36.9 Å². The quantitative estimate of drug-likeness (QED) is 0.556. The lowest BCUT2D eigenvalue weighted by atomic mass is 10.1. The van der Waals surface area contributed by atoms with Crippen LogP contribution in [0, 0.1) is 0 Å². The van der Waals surface area contributed by atoms with Crippen LogP contribution in [0.5, 0.6) is 17.2 Å². The van der Waals surface area contributed by atoms with E-state index in [9.17, 15) is 18.0 Å². The third kappa shape index (κ3) is 7.52. The summed E-state index contributed by atoms with van der Waals surface area (Å²) in [7, 11) is 4.54. The lowest BCUT2D eigenvalue weighted by Gasteiger charge is -2.19. The molecule has 2 rings (SSSR count). The van der Waals surface area contributed by atoms with Crippen molar-refractivity contribution in [1.29, 1.82) is 0 Å². The van der Waals surface area contributed by atoms with Crippen molar-refractivity contribution in [2.24, 2.45) is 0 Å². The highest BCUT2D eigenvalue weighted by Gasteiger charge is 2.27. The molecule has 2 N–H and O–H groups in total. The monoisotopic (exact) mass is 456 g/mol. The van der Waals surface area contributed by atoms with Gasteiger partial charge in [-0.1, -0.05) is 24.3 Å². The Kier molecular flexibility index (Phi) is 9.01. The molecule has 0 radical (unpaired) electrons. The number of amides is 2. The predicted molar refractivity (Wildman–Crippen MR) is 112 cm³/mol. The molecule has 0 spiro atoms. The molecule has 0 aliphatic heterocycles. The van der Waals surface area contributed by atoms with Gasteiger partial charge in [0.15, 0.2) is 11.5 Å². The minimum Gasteiger partial charge on any atom is -0.493 e. The third-order valence-corrected chi connectivity index (χ3v) is 4.55. The van der Waals surface area contributed by atoms with Gasteiger partial charge in [0.25, 0.3) is 0 Å². The summed E-state index contributed by atoms with van der Waals surface area (Å²) in [6, 6.07) is 9.52. The maximum Gasteiger partial charge on any atom is 0.411 e. The number of alkyl halides is 3. The summed E-state index contributed by atoms with van der Waals surface area (Å²) in [5.41, 5.74) is 2.16. The fraction of sp³-hybridized carbons (Fsp3) is 0.409. The lowest BCUT2D eigenvalue weighted by Crippen LogP contribution is -2.36.